The van der Waals surface area contributed by atoms with Gasteiger partial charge in [-0.2, -0.15) is 0 Å². The Kier molecular flexibility index (Phi) is 4.90. The number of carbonyl (C=O) groups is 1. The zero-order valence-corrected chi connectivity index (χ0v) is 13.6. The Morgan fingerprint density at radius 1 is 1.55 bits per heavy atom. The maximum Gasteiger partial charge on any atom is 0.410 e. The average Bonchev–Trinajstić information content (AvgIpc) is 2.86. The number of ether oxygens (including phenoxy) is 1. The topological polar surface area (TPSA) is 85.6 Å². The molecule has 2 heterocycles. The van der Waals surface area contributed by atoms with Crippen LogP contribution in [-0.4, -0.2) is 44.8 Å². The molecule has 0 aromatic carbocycles. The predicted molar refractivity (Wildman–Crippen MR) is 83.0 cm³/mol. The van der Waals surface area contributed by atoms with Gasteiger partial charge in [-0.05, 0) is 33.3 Å². The number of aromatic nitrogens is 1. The zero-order valence-electron chi connectivity index (χ0n) is 12.8. The Bertz CT molecular complexity index is 573. The van der Waals surface area contributed by atoms with Crippen LogP contribution < -0.4 is 0 Å². The van der Waals surface area contributed by atoms with E-state index in [9.17, 15) is 14.9 Å². The molecule has 1 aliphatic rings. The standard InChI is InChI=1S/C14H19N3O4S/c1-14(2,3)21-13(18)16-8-6-10(9-16)22-12-11(17(19)20)5-4-7-15-12/h4-5,7,10H,6,8-9H2,1-3H3. The third-order valence-electron chi connectivity index (χ3n) is 3.02. The van der Waals surface area contributed by atoms with Crippen molar-refractivity contribution < 1.29 is 14.5 Å². The lowest BCUT2D eigenvalue weighted by Crippen LogP contribution is -2.35. The van der Waals surface area contributed by atoms with Gasteiger partial charge >= 0.3 is 11.8 Å². The molecule has 0 spiro atoms. The average molecular weight is 325 g/mol. The highest BCUT2D eigenvalue weighted by Crippen LogP contribution is 2.34. The third kappa shape index (κ3) is 4.33. The minimum atomic E-state index is -0.526. The Balaban J connectivity index is 1.97. The number of thioether (sulfide) groups is 1. The SMILES string of the molecule is CC(C)(C)OC(=O)N1CCC(Sc2ncccc2[N+](=O)[O-])C1. The largest absolute Gasteiger partial charge is 0.444 e. The number of nitrogens with zero attached hydrogens (tertiary/aromatic N) is 3. The van der Waals surface area contributed by atoms with Gasteiger partial charge in [-0.15, -0.1) is 0 Å². The van der Waals surface area contributed by atoms with Gasteiger partial charge in [0, 0.05) is 30.6 Å². The minimum absolute atomic E-state index is 0.00298. The van der Waals surface area contributed by atoms with Gasteiger partial charge in [-0.1, -0.05) is 11.8 Å². The van der Waals surface area contributed by atoms with E-state index in [0.29, 0.717) is 18.1 Å². The molecule has 0 saturated carbocycles. The number of hydrogen-bond donors (Lipinski definition) is 0. The monoisotopic (exact) mass is 325 g/mol. The first-order valence-electron chi connectivity index (χ1n) is 7.00. The highest BCUT2D eigenvalue weighted by molar-refractivity contribution is 8.00. The second-order valence-corrected chi connectivity index (χ2v) is 7.33. The molecule has 1 aromatic heterocycles. The Morgan fingerprint density at radius 2 is 2.27 bits per heavy atom. The number of likely N-dealkylation sites (tertiary alicyclic amines) is 1. The molecule has 1 atom stereocenters. The summed E-state index contributed by atoms with van der Waals surface area (Å²) in [5.41, 5.74) is -0.523. The molecule has 1 amide bonds. The summed E-state index contributed by atoms with van der Waals surface area (Å²) < 4.78 is 5.34. The first-order valence-corrected chi connectivity index (χ1v) is 7.88. The fourth-order valence-corrected chi connectivity index (χ4v) is 3.27. The Morgan fingerprint density at radius 3 is 2.91 bits per heavy atom. The number of amides is 1. The van der Waals surface area contributed by atoms with Gasteiger partial charge in [-0.25, -0.2) is 9.78 Å². The van der Waals surface area contributed by atoms with E-state index in [1.165, 1.54) is 24.0 Å². The maximum absolute atomic E-state index is 12.0. The highest BCUT2D eigenvalue weighted by Gasteiger charge is 2.31. The van der Waals surface area contributed by atoms with Crippen molar-refractivity contribution in [2.24, 2.45) is 0 Å². The van der Waals surface area contributed by atoms with Gasteiger partial charge in [-0.3, -0.25) is 10.1 Å². The van der Waals surface area contributed by atoms with Crippen LogP contribution in [0.15, 0.2) is 23.4 Å². The molecule has 120 valence electrons. The summed E-state index contributed by atoms with van der Waals surface area (Å²) in [7, 11) is 0. The van der Waals surface area contributed by atoms with Gasteiger partial charge in [0.2, 0.25) is 0 Å². The number of hydrogen-bond acceptors (Lipinski definition) is 6. The van der Waals surface area contributed by atoms with Crippen LogP contribution in [0.5, 0.6) is 0 Å². The summed E-state index contributed by atoms with van der Waals surface area (Å²) in [5, 5.41) is 11.5. The van der Waals surface area contributed by atoms with Crippen LogP contribution in [0.2, 0.25) is 0 Å². The summed E-state index contributed by atoms with van der Waals surface area (Å²) in [5.74, 6) is 0. The van der Waals surface area contributed by atoms with Gasteiger partial charge in [0.25, 0.3) is 0 Å². The van der Waals surface area contributed by atoms with E-state index in [2.05, 4.69) is 4.98 Å². The molecular weight excluding hydrogens is 306 g/mol. The van der Waals surface area contributed by atoms with Crippen LogP contribution in [0.4, 0.5) is 10.5 Å². The molecule has 0 bridgehead atoms. The maximum atomic E-state index is 12.0. The number of carbonyl (C=O) groups excluding carboxylic acids is 1. The second-order valence-electron chi connectivity index (χ2n) is 6.04. The summed E-state index contributed by atoms with van der Waals surface area (Å²) in [4.78, 5) is 28.3. The first-order chi connectivity index (χ1) is 10.3. The van der Waals surface area contributed by atoms with E-state index in [0.717, 1.165) is 6.42 Å². The molecular formula is C14H19N3O4S. The molecule has 1 aliphatic heterocycles. The molecule has 1 saturated heterocycles. The van der Waals surface area contributed by atoms with E-state index in [1.54, 1.807) is 11.0 Å². The summed E-state index contributed by atoms with van der Waals surface area (Å²) >= 11 is 1.34. The minimum Gasteiger partial charge on any atom is -0.444 e. The van der Waals surface area contributed by atoms with E-state index in [4.69, 9.17) is 4.74 Å². The lowest BCUT2D eigenvalue weighted by molar-refractivity contribution is -0.388. The van der Waals surface area contributed by atoms with Crippen LogP contribution in [0.3, 0.4) is 0 Å². The van der Waals surface area contributed by atoms with Gasteiger partial charge in [0.05, 0.1) is 4.92 Å². The molecule has 2 rings (SSSR count). The van der Waals surface area contributed by atoms with Crippen molar-refractivity contribution in [3.8, 4) is 0 Å². The van der Waals surface area contributed by atoms with E-state index in [-0.39, 0.29) is 17.0 Å². The van der Waals surface area contributed by atoms with Crippen LogP contribution in [0.1, 0.15) is 27.2 Å². The molecule has 0 radical (unpaired) electrons. The number of rotatable bonds is 3. The fraction of sp³-hybridized carbons (Fsp3) is 0.571. The smallest absolute Gasteiger partial charge is 0.410 e. The lowest BCUT2D eigenvalue weighted by Gasteiger charge is -2.24. The quantitative estimate of drug-likeness (QED) is 0.627. The molecule has 0 N–H and O–H groups in total. The number of nitro groups is 1. The lowest BCUT2D eigenvalue weighted by atomic mass is 10.2. The van der Waals surface area contributed by atoms with Crippen LogP contribution in [0.25, 0.3) is 0 Å². The highest BCUT2D eigenvalue weighted by atomic mass is 32.2. The van der Waals surface area contributed by atoms with Crippen LogP contribution in [0, 0.1) is 10.1 Å². The fourth-order valence-electron chi connectivity index (χ4n) is 2.09. The van der Waals surface area contributed by atoms with Crippen molar-refractivity contribution in [3.63, 3.8) is 0 Å². The molecule has 22 heavy (non-hydrogen) atoms. The normalized spacial score (nSPS) is 18.3. The van der Waals surface area contributed by atoms with Crippen LogP contribution in [-0.2, 0) is 4.74 Å². The molecule has 7 nitrogen and oxygen atoms in total. The molecule has 1 unspecified atom stereocenters. The predicted octanol–water partition coefficient (Wildman–Crippen LogP) is 3.09. The van der Waals surface area contributed by atoms with Crippen molar-refractivity contribution in [1.29, 1.82) is 0 Å². The first kappa shape index (κ1) is 16.5. The van der Waals surface area contributed by atoms with Crippen molar-refractivity contribution in [2.45, 2.75) is 43.1 Å². The van der Waals surface area contributed by atoms with Crippen molar-refractivity contribution >= 4 is 23.5 Å². The summed E-state index contributed by atoms with van der Waals surface area (Å²) in [6, 6.07) is 2.99. The summed E-state index contributed by atoms with van der Waals surface area (Å²) in [6.07, 6.45) is 1.96. The Labute approximate surface area is 133 Å². The van der Waals surface area contributed by atoms with Gasteiger partial charge in [0.15, 0.2) is 5.03 Å². The molecule has 1 aromatic rings. The van der Waals surface area contributed by atoms with Crippen molar-refractivity contribution in [3.05, 3.63) is 28.4 Å². The van der Waals surface area contributed by atoms with E-state index in [1.807, 2.05) is 20.8 Å². The Hall–Kier alpha value is -1.83. The summed E-state index contributed by atoms with van der Waals surface area (Å²) in [6.45, 7) is 6.57. The van der Waals surface area contributed by atoms with E-state index < -0.39 is 10.5 Å². The third-order valence-corrected chi connectivity index (χ3v) is 4.28. The molecule has 8 heteroatoms. The van der Waals surface area contributed by atoms with Crippen molar-refractivity contribution in [1.82, 2.24) is 9.88 Å². The second kappa shape index (κ2) is 6.51. The van der Waals surface area contributed by atoms with E-state index >= 15 is 0 Å². The molecule has 1 fully saturated rings. The van der Waals surface area contributed by atoms with Crippen molar-refractivity contribution in [2.75, 3.05) is 13.1 Å². The van der Waals surface area contributed by atoms with Crippen LogP contribution >= 0.6 is 11.8 Å². The van der Waals surface area contributed by atoms with Gasteiger partial charge < -0.3 is 9.64 Å². The zero-order chi connectivity index (χ0) is 16.3. The number of pyridine rings is 1. The molecule has 0 aliphatic carbocycles. The van der Waals surface area contributed by atoms with Gasteiger partial charge in [0.1, 0.15) is 5.60 Å².